The number of hydrogen-bond acceptors (Lipinski definition) is 7. The molecular weight excluding hydrogens is 350 g/mol. The van der Waals surface area contributed by atoms with Gasteiger partial charge in [0.2, 0.25) is 5.95 Å². The van der Waals surface area contributed by atoms with Crippen LogP contribution in [0.25, 0.3) is 10.9 Å². The Labute approximate surface area is 165 Å². The average molecular weight is 377 g/mol. The van der Waals surface area contributed by atoms with Crippen LogP contribution >= 0.6 is 0 Å². The zero-order valence-corrected chi connectivity index (χ0v) is 16.7. The van der Waals surface area contributed by atoms with E-state index >= 15 is 0 Å². The first-order chi connectivity index (χ1) is 13.7. The van der Waals surface area contributed by atoms with Crippen molar-refractivity contribution in [3.63, 3.8) is 0 Å². The fourth-order valence-electron chi connectivity index (χ4n) is 3.64. The summed E-state index contributed by atoms with van der Waals surface area (Å²) in [7, 11) is 1.86. The molecule has 0 aliphatic carbocycles. The molecule has 2 N–H and O–H groups in total. The summed E-state index contributed by atoms with van der Waals surface area (Å²) >= 11 is 0. The smallest absolute Gasteiger partial charge is 0.227 e. The third-order valence-corrected chi connectivity index (χ3v) is 5.19. The topological polar surface area (TPSA) is 78.9 Å². The van der Waals surface area contributed by atoms with E-state index in [9.17, 15) is 0 Å². The molecule has 3 aromatic heterocycles. The summed E-state index contributed by atoms with van der Waals surface area (Å²) < 4.78 is 0. The zero-order chi connectivity index (χ0) is 19.5. The van der Waals surface area contributed by atoms with E-state index in [0.29, 0.717) is 11.9 Å². The summed E-state index contributed by atoms with van der Waals surface area (Å²) in [4.78, 5) is 20.7. The van der Waals surface area contributed by atoms with Crippen molar-refractivity contribution >= 4 is 34.2 Å². The highest BCUT2D eigenvalue weighted by molar-refractivity contribution is 5.91. The van der Waals surface area contributed by atoms with Gasteiger partial charge in [0.15, 0.2) is 0 Å². The number of pyridine rings is 2. The Balaban J connectivity index is 1.65. The van der Waals surface area contributed by atoms with Gasteiger partial charge in [-0.05, 0) is 36.8 Å². The van der Waals surface area contributed by atoms with E-state index in [2.05, 4.69) is 50.4 Å². The normalized spacial score (nSPS) is 14.5. The maximum Gasteiger partial charge on any atom is 0.227 e. The van der Waals surface area contributed by atoms with Gasteiger partial charge in [0.05, 0.1) is 10.9 Å². The van der Waals surface area contributed by atoms with Gasteiger partial charge in [-0.15, -0.1) is 0 Å². The van der Waals surface area contributed by atoms with Crippen LogP contribution in [0.15, 0.2) is 30.7 Å². The quantitative estimate of drug-likeness (QED) is 0.685. The van der Waals surface area contributed by atoms with E-state index in [4.69, 9.17) is 4.98 Å². The average Bonchev–Trinajstić information content (AvgIpc) is 2.73. The molecule has 1 fully saturated rings. The number of hydrogen-bond donors (Lipinski definition) is 2. The fourth-order valence-corrected chi connectivity index (χ4v) is 3.64. The lowest BCUT2D eigenvalue weighted by atomic mass is 10.0. The molecule has 1 aliphatic rings. The van der Waals surface area contributed by atoms with Gasteiger partial charge in [-0.2, -0.15) is 0 Å². The molecule has 4 rings (SSSR count). The Hall–Kier alpha value is -2.96. The Bertz CT molecular complexity index is 964. The molecular formula is C21H27N7. The maximum absolute atomic E-state index is 4.81. The molecule has 0 bridgehead atoms. The van der Waals surface area contributed by atoms with E-state index in [1.165, 1.54) is 19.3 Å². The molecule has 4 heterocycles. The number of aromatic nitrogens is 4. The van der Waals surface area contributed by atoms with Gasteiger partial charge in [-0.1, -0.05) is 13.8 Å². The van der Waals surface area contributed by atoms with Crippen LogP contribution < -0.4 is 15.5 Å². The van der Waals surface area contributed by atoms with E-state index in [1.54, 1.807) is 0 Å². The first-order valence-electron chi connectivity index (χ1n) is 9.97. The third kappa shape index (κ3) is 3.69. The van der Waals surface area contributed by atoms with Crippen molar-refractivity contribution in [2.75, 3.05) is 35.7 Å². The van der Waals surface area contributed by atoms with Crippen molar-refractivity contribution in [2.24, 2.45) is 0 Å². The van der Waals surface area contributed by atoms with Gasteiger partial charge < -0.3 is 15.5 Å². The van der Waals surface area contributed by atoms with Crippen LogP contribution in [0.3, 0.4) is 0 Å². The zero-order valence-electron chi connectivity index (χ0n) is 16.7. The second kappa shape index (κ2) is 7.96. The number of nitrogens with zero attached hydrogens (tertiary/aromatic N) is 5. The molecule has 0 atom stereocenters. The van der Waals surface area contributed by atoms with Crippen LogP contribution in [0, 0.1) is 0 Å². The van der Waals surface area contributed by atoms with Gasteiger partial charge >= 0.3 is 0 Å². The van der Waals surface area contributed by atoms with Crippen molar-refractivity contribution < 1.29 is 0 Å². The summed E-state index contributed by atoms with van der Waals surface area (Å²) in [6.45, 7) is 6.44. The van der Waals surface area contributed by atoms with Crippen molar-refractivity contribution in [2.45, 2.75) is 39.0 Å². The molecule has 7 heteroatoms. The summed E-state index contributed by atoms with van der Waals surface area (Å²) in [5.41, 5.74) is 2.99. The SMILES string of the molecule is CNc1ncc(C(C)C)c2nc(Nc3ccnc(N4CCCCC4)c3)ncc12. The second-order valence-electron chi connectivity index (χ2n) is 7.50. The van der Waals surface area contributed by atoms with Gasteiger partial charge in [0.25, 0.3) is 0 Å². The monoisotopic (exact) mass is 377 g/mol. The summed E-state index contributed by atoms with van der Waals surface area (Å²) in [5, 5.41) is 7.41. The Morgan fingerprint density at radius 3 is 2.61 bits per heavy atom. The first-order valence-corrected chi connectivity index (χ1v) is 9.97. The van der Waals surface area contributed by atoms with Crippen molar-refractivity contribution in [3.8, 4) is 0 Å². The molecule has 0 saturated carbocycles. The standard InChI is InChI=1S/C21H27N7/c1-14(2)16-12-24-20(22-3)17-13-25-21(27-19(16)17)26-15-7-8-23-18(11-15)28-9-5-4-6-10-28/h7-8,11-14H,4-6,9-10H2,1-3H3,(H,22,24)(H,23,25,26,27). The number of anilines is 4. The van der Waals surface area contributed by atoms with Crippen LogP contribution in [0.1, 0.15) is 44.6 Å². The van der Waals surface area contributed by atoms with Crippen LogP contribution in [-0.2, 0) is 0 Å². The van der Waals surface area contributed by atoms with Crippen molar-refractivity contribution in [1.82, 2.24) is 19.9 Å². The minimum atomic E-state index is 0.329. The molecule has 0 aromatic carbocycles. The van der Waals surface area contributed by atoms with Gasteiger partial charge in [-0.25, -0.2) is 19.9 Å². The minimum Gasteiger partial charge on any atom is -0.373 e. The molecule has 1 aliphatic heterocycles. The van der Waals surface area contributed by atoms with E-state index in [1.807, 2.05) is 31.7 Å². The van der Waals surface area contributed by atoms with E-state index in [-0.39, 0.29) is 0 Å². The molecule has 0 spiro atoms. The molecule has 1 saturated heterocycles. The van der Waals surface area contributed by atoms with E-state index in [0.717, 1.165) is 46.9 Å². The second-order valence-corrected chi connectivity index (χ2v) is 7.50. The van der Waals surface area contributed by atoms with Gasteiger partial charge in [0.1, 0.15) is 11.6 Å². The van der Waals surface area contributed by atoms with Crippen LogP contribution in [-0.4, -0.2) is 40.1 Å². The minimum absolute atomic E-state index is 0.329. The van der Waals surface area contributed by atoms with Crippen molar-refractivity contribution in [3.05, 3.63) is 36.3 Å². The Morgan fingerprint density at radius 1 is 1.04 bits per heavy atom. The maximum atomic E-state index is 4.81. The predicted octanol–water partition coefficient (Wildman–Crippen LogP) is 4.32. The highest BCUT2D eigenvalue weighted by Crippen LogP contribution is 2.29. The summed E-state index contributed by atoms with van der Waals surface area (Å²) in [5.74, 6) is 2.71. The Kier molecular flexibility index (Phi) is 5.23. The van der Waals surface area contributed by atoms with Crippen LogP contribution in [0.5, 0.6) is 0 Å². The van der Waals surface area contributed by atoms with Crippen LogP contribution in [0.4, 0.5) is 23.3 Å². The number of nitrogens with one attached hydrogen (secondary N) is 2. The number of fused-ring (bicyclic) bond motifs is 1. The highest BCUT2D eigenvalue weighted by atomic mass is 15.2. The van der Waals surface area contributed by atoms with Crippen molar-refractivity contribution in [1.29, 1.82) is 0 Å². The molecule has 7 nitrogen and oxygen atoms in total. The predicted molar refractivity (Wildman–Crippen MR) is 115 cm³/mol. The summed E-state index contributed by atoms with van der Waals surface area (Å²) in [6, 6.07) is 4.03. The molecule has 0 unspecified atom stereocenters. The van der Waals surface area contributed by atoms with Crippen LogP contribution in [0.2, 0.25) is 0 Å². The molecule has 0 amide bonds. The number of rotatable bonds is 5. The Morgan fingerprint density at radius 2 is 1.86 bits per heavy atom. The van der Waals surface area contributed by atoms with Gasteiger partial charge in [0, 0.05) is 50.5 Å². The fraction of sp³-hybridized carbons (Fsp3) is 0.429. The first kappa shape index (κ1) is 18.4. The lowest BCUT2D eigenvalue weighted by Gasteiger charge is -2.27. The molecule has 0 radical (unpaired) electrons. The number of piperidine rings is 1. The third-order valence-electron chi connectivity index (χ3n) is 5.19. The summed E-state index contributed by atoms with van der Waals surface area (Å²) in [6.07, 6.45) is 9.34. The van der Waals surface area contributed by atoms with Gasteiger partial charge in [-0.3, -0.25) is 0 Å². The lowest BCUT2D eigenvalue weighted by Crippen LogP contribution is -2.30. The highest BCUT2D eigenvalue weighted by Gasteiger charge is 2.14. The molecule has 3 aromatic rings. The lowest BCUT2D eigenvalue weighted by molar-refractivity contribution is 0.573. The largest absolute Gasteiger partial charge is 0.373 e. The molecule has 146 valence electrons. The van der Waals surface area contributed by atoms with E-state index < -0.39 is 0 Å². The molecule has 28 heavy (non-hydrogen) atoms.